The normalized spacial score (nSPS) is 20.0. The minimum Gasteiger partial charge on any atom is -0.490 e. The zero-order valence-corrected chi connectivity index (χ0v) is 14.4. The SMILES string of the molecule is Cn1ccc2c(OC3CCN(C(=O)C4CCCC4)CC3)cccc21. The fraction of sp³-hybridized carbons (Fsp3) is 0.550. The quantitative estimate of drug-likeness (QED) is 0.861. The van der Waals surface area contributed by atoms with Crippen molar-refractivity contribution < 1.29 is 9.53 Å². The lowest BCUT2D eigenvalue weighted by Gasteiger charge is -2.33. The van der Waals surface area contributed by atoms with Crippen LogP contribution in [0.4, 0.5) is 0 Å². The van der Waals surface area contributed by atoms with Crippen LogP contribution in [-0.4, -0.2) is 34.6 Å². The van der Waals surface area contributed by atoms with Crippen LogP contribution < -0.4 is 4.74 Å². The van der Waals surface area contributed by atoms with Gasteiger partial charge in [0.25, 0.3) is 0 Å². The Morgan fingerprint density at radius 3 is 2.58 bits per heavy atom. The minimum absolute atomic E-state index is 0.212. The Kier molecular flexibility index (Phi) is 4.21. The highest BCUT2D eigenvalue weighted by Crippen LogP contribution is 2.30. The monoisotopic (exact) mass is 326 g/mol. The van der Waals surface area contributed by atoms with Crippen molar-refractivity contribution in [1.82, 2.24) is 9.47 Å². The molecule has 24 heavy (non-hydrogen) atoms. The van der Waals surface area contributed by atoms with Gasteiger partial charge < -0.3 is 14.2 Å². The second-order valence-corrected chi connectivity index (χ2v) is 7.24. The van der Waals surface area contributed by atoms with Crippen LogP contribution in [0.1, 0.15) is 38.5 Å². The smallest absolute Gasteiger partial charge is 0.225 e. The third-order valence-electron chi connectivity index (χ3n) is 5.64. The molecule has 128 valence electrons. The summed E-state index contributed by atoms with van der Waals surface area (Å²) in [4.78, 5) is 14.6. The Morgan fingerprint density at radius 1 is 1.08 bits per heavy atom. The molecule has 0 atom stereocenters. The standard InChI is InChI=1S/C20H26N2O2/c1-21-12-11-17-18(21)7-4-8-19(17)24-16-9-13-22(14-10-16)20(23)15-5-2-3-6-15/h4,7-8,11-12,15-16H,2-3,5-6,9-10,13-14H2,1H3. The van der Waals surface area contributed by atoms with Crippen LogP contribution in [0.2, 0.25) is 0 Å². The van der Waals surface area contributed by atoms with Crippen LogP contribution >= 0.6 is 0 Å². The van der Waals surface area contributed by atoms with Gasteiger partial charge in [-0.2, -0.15) is 0 Å². The average Bonchev–Trinajstić information content (AvgIpc) is 3.26. The number of fused-ring (bicyclic) bond motifs is 1. The summed E-state index contributed by atoms with van der Waals surface area (Å²) in [6.45, 7) is 1.68. The molecule has 1 saturated carbocycles. The fourth-order valence-corrected chi connectivity index (χ4v) is 4.18. The minimum atomic E-state index is 0.212. The van der Waals surface area contributed by atoms with E-state index in [-0.39, 0.29) is 6.10 Å². The molecule has 1 aliphatic carbocycles. The molecule has 0 radical (unpaired) electrons. The molecule has 0 spiro atoms. The molecule has 4 nitrogen and oxygen atoms in total. The largest absolute Gasteiger partial charge is 0.490 e. The van der Waals surface area contributed by atoms with Crippen molar-refractivity contribution in [3.8, 4) is 5.75 Å². The van der Waals surface area contributed by atoms with E-state index in [1.54, 1.807) is 0 Å². The first-order valence-electron chi connectivity index (χ1n) is 9.22. The summed E-state index contributed by atoms with van der Waals surface area (Å²) in [6.07, 6.45) is 8.76. The van der Waals surface area contributed by atoms with Crippen molar-refractivity contribution in [3.63, 3.8) is 0 Å². The maximum absolute atomic E-state index is 12.5. The molecule has 1 aliphatic heterocycles. The molecule has 1 aromatic heterocycles. The van der Waals surface area contributed by atoms with Gasteiger partial charge in [-0.25, -0.2) is 0 Å². The van der Waals surface area contributed by atoms with Gasteiger partial charge in [0, 0.05) is 50.5 Å². The summed E-state index contributed by atoms with van der Waals surface area (Å²) in [5.74, 6) is 1.64. The molecule has 4 rings (SSSR count). The van der Waals surface area contributed by atoms with Crippen molar-refractivity contribution in [2.75, 3.05) is 13.1 Å². The molecule has 2 heterocycles. The topological polar surface area (TPSA) is 34.5 Å². The van der Waals surface area contributed by atoms with E-state index >= 15 is 0 Å². The number of hydrogen-bond acceptors (Lipinski definition) is 2. The molecule has 0 N–H and O–H groups in total. The van der Waals surface area contributed by atoms with Crippen molar-refractivity contribution in [2.45, 2.75) is 44.6 Å². The number of likely N-dealkylation sites (tertiary alicyclic amines) is 1. The van der Waals surface area contributed by atoms with Crippen LogP contribution in [-0.2, 0) is 11.8 Å². The third-order valence-corrected chi connectivity index (χ3v) is 5.64. The first-order chi connectivity index (χ1) is 11.7. The van der Waals surface area contributed by atoms with E-state index in [0.29, 0.717) is 11.8 Å². The summed E-state index contributed by atoms with van der Waals surface area (Å²) in [5.41, 5.74) is 1.20. The number of aromatic nitrogens is 1. The van der Waals surface area contributed by atoms with Gasteiger partial charge in [-0.1, -0.05) is 18.9 Å². The van der Waals surface area contributed by atoms with Crippen LogP contribution in [0, 0.1) is 5.92 Å². The van der Waals surface area contributed by atoms with Gasteiger partial charge in [0.1, 0.15) is 11.9 Å². The molecule has 4 heteroatoms. The van der Waals surface area contributed by atoms with E-state index in [1.165, 1.54) is 23.7 Å². The van der Waals surface area contributed by atoms with E-state index in [2.05, 4.69) is 47.0 Å². The van der Waals surface area contributed by atoms with E-state index in [4.69, 9.17) is 4.74 Å². The molecule has 1 amide bonds. The Balaban J connectivity index is 1.38. The first kappa shape index (κ1) is 15.6. The van der Waals surface area contributed by atoms with Gasteiger partial charge in [-0.3, -0.25) is 4.79 Å². The van der Waals surface area contributed by atoms with Crippen LogP contribution in [0.15, 0.2) is 30.5 Å². The van der Waals surface area contributed by atoms with Crippen molar-refractivity contribution in [2.24, 2.45) is 13.0 Å². The predicted molar refractivity (Wildman–Crippen MR) is 95.1 cm³/mol. The van der Waals surface area contributed by atoms with Gasteiger partial charge in [-0.05, 0) is 31.0 Å². The Hall–Kier alpha value is -1.97. The Morgan fingerprint density at radius 2 is 1.83 bits per heavy atom. The molecule has 0 bridgehead atoms. The molecule has 1 aromatic carbocycles. The Bertz CT molecular complexity index is 722. The molecule has 2 aromatic rings. The highest BCUT2D eigenvalue weighted by molar-refractivity contribution is 5.86. The number of amides is 1. The summed E-state index contributed by atoms with van der Waals surface area (Å²) in [6, 6.07) is 8.34. The maximum atomic E-state index is 12.5. The zero-order valence-electron chi connectivity index (χ0n) is 14.4. The van der Waals surface area contributed by atoms with Gasteiger partial charge in [0.05, 0.1) is 5.52 Å². The van der Waals surface area contributed by atoms with Gasteiger partial charge in [-0.15, -0.1) is 0 Å². The number of aryl methyl sites for hydroxylation is 1. The van der Waals surface area contributed by atoms with E-state index in [9.17, 15) is 4.79 Å². The predicted octanol–water partition coefficient (Wildman–Crippen LogP) is 3.74. The second-order valence-electron chi connectivity index (χ2n) is 7.24. The highest BCUT2D eigenvalue weighted by atomic mass is 16.5. The van der Waals surface area contributed by atoms with Gasteiger partial charge in [0.2, 0.25) is 5.91 Å². The van der Waals surface area contributed by atoms with Crippen LogP contribution in [0.3, 0.4) is 0 Å². The summed E-state index contributed by atoms with van der Waals surface area (Å²) in [5, 5.41) is 1.17. The summed E-state index contributed by atoms with van der Waals surface area (Å²) < 4.78 is 8.40. The maximum Gasteiger partial charge on any atom is 0.225 e. The summed E-state index contributed by atoms with van der Waals surface area (Å²) >= 11 is 0. The number of nitrogens with zero attached hydrogens (tertiary/aromatic N) is 2. The first-order valence-corrected chi connectivity index (χ1v) is 9.22. The lowest BCUT2D eigenvalue weighted by Crippen LogP contribution is -2.43. The number of ether oxygens (including phenoxy) is 1. The lowest BCUT2D eigenvalue weighted by atomic mass is 10.0. The molecular weight excluding hydrogens is 300 g/mol. The van der Waals surface area contributed by atoms with Gasteiger partial charge in [0.15, 0.2) is 0 Å². The lowest BCUT2D eigenvalue weighted by molar-refractivity contribution is -0.137. The van der Waals surface area contributed by atoms with Crippen molar-refractivity contribution in [1.29, 1.82) is 0 Å². The van der Waals surface area contributed by atoms with Gasteiger partial charge >= 0.3 is 0 Å². The van der Waals surface area contributed by atoms with Crippen LogP contribution in [0.25, 0.3) is 10.9 Å². The number of piperidine rings is 1. The molecule has 1 saturated heterocycles. The molecule has 2 fully saturated rings. The van der Waals surface area contributed by atoms with E-state index in [0.717, 1.165) is 44.5 Å². The number of benzene rings is 1. The number of hydrogen-bond donors (Lipinski definition) is 0. The second kappa shape index (κ2) is 6.50. The highest BCUT2D eigenvalue weighted by Gasteiger charge is 2.30. The van der Waals surface area contributed by atoms with Crippen molar-refractivity contribution >= 4 is 16.8 Å². The molecular formula is C20H26N2O2. The third kappa shape index (κ3) is 2.90. The Labute approximate surface area is 143 Å². The molecule has 2 aliphatic rings. The van der Waals surface area contributed by atoms with Crippen LogP contribution in [0.5, 0.6) is 5.75 Å². The van der Waals surface area contributed by atoms with E-state index < -0.39 is 0 Å². The number of rotatable bonds is 3. The average molecular weight is 326 g/mol. The molecule has 0 unspecified atom stereocenters. The number of carbonyl (C=O) groups excluding carboxylic acids is 1. The number of carbonyl (C=O) groups is 1. The summed E-state index contributed by atoms with van der Waals surface area (Å²) in [7, 11) is 2.05. The van der Waals surface area contributed by atoms with Crippen molar-refractivity contribution in [3.05, 3.63) is 30.5 Å². The van der Waals surface area contributed by atoms with E-state index in [1.807, 2.05) is 0 Å². The fourth-order valence-electron chi connectivity index (χ4n) is 4.18. The zero-order chi connectivity index (χ0) is 16.5.